The molecule has 33 heavy (non-hydrogen) atoms. The van der Waals surface area contributed by atoms with Gasteiger partial charge in [-0.15, -0.1) is 11.3 Å². The number of aromatic nitrogens is 4. The number of likely N-dealkylation sites (tertiary alicyclic amines) is 1. The largest absolute Gasteiger partial charge is 0.371 e. The van der Waals surface area contributed by atoms with Crippen LogP contribution in [-0.2, 0) is 5.60 Å². The third-order valence-corrected chi connectivity index (χ3v) is 7.45. The van der Waals surface area contributed by atoms with Crippen LogP contribution in [0.3, 0.4) is 0 Å². The van der Waals surface area contributed by atoms with E-state index in [1.165, 1.54) is 17.4 Å². The van der Waals surface area contributed by atoms with E-state index in [-0.39, 0.29) is 11.6 Å². The molecule has 1 fully saturated rings. The molecule has 1 saturated heterocycles. The number of rotatable bonds is 3. The predicted octanol–water partition coefficient (Wildman–Crippen LogP) is 4.81. The number of hydrogen-bond acceptors (Lipinski definition) is 5. The Bertz CT molecular complexity index is 1360. The smallest absolute Gasteiger partial charge is 0.174 e. The van der Waals surface area contributed by atoms with Crippen LogP contribution in [-0.4, -0.2) is 49.9 Å². The van der Waals surface area contributed by atoms with Crippen molar-refractivity contribution in [1.82, 2.24) is 24.6 Å². The Morgan fingerprint density at radius 3 is 2.76 bits per heavy atom. The highest BCUT2D eigenvalue weighted by atomic mass is 35.5. The van der Waals surface area contributed by atoms with E-state index in [0.717, 1.165) is 48.0 Å². The summed E-state index contributed by atoms with van der Waals surface area (Å²) in [6, 6.07) is 3.54. The lowest BCUT2D eigenvalue weighted by atomic mass is 10.0. The van der Waals surface area contributed by atoms with Gasteiger partial charge in [0, 0.05) is 46.5 Å². The molecular formula is C24H23ClFN5OS. The van der Waals surface area contributed by atoms with Gasteiger partial charge in [0.25, 0.3) is 0 Å². The summed E-state index contributed by atoms with van der Waals surface area (Å²) in [7, 11) is 2.12. The molecule has 3 aromatic heterocycles. The Morgan fingerprint density at radius 2 is 2.09 bits per heavy atom. The lowest BCUT2D eigenvalue weighted by Gasteiger charge is -2.30. The highest BCUT2D eigenvalue weighted by molar-refractivity contribution is 7.09. The van der Waals surface area contributed by atoms with Gasteiger partial charge in [0.05, 0.1) is 11.1 Å². The van der Waals surface area contributed by atoms with Gasteiger partial charge in [-0.05, 0) is 52.0 Å². The Balaban J connectivity index is 1.64. The Kier molecular flexibility index (Phi) is 5.75. The number of H-pyrrole nitrogens is 1. The van der Waals surface area contributed by atoms with Crippen molar-refractivity contribution in [2.45, 2.75) is 31.4 Å². The summed E-state index contributed by atoms with van der Waals surface area (Å²) in [5.74, 6) is 5.19. The molecule has 2 N–H and O–H groups in total. The zero-order valence-electron chi connectivity index (χ0n) is 18.3. The maximum Gasteiger partial charge on any atom is 0.174 e. The van der Waals surface area contributed by atoms with Crippen LogP contribution in [0.2, 0.25) is 5.15 Å². The second-order valence-corrected chi connectivity index (χ2v) is 9.84. The summed E-state index contributed by atoms with van der Waals surface area (Å²) >= 11 is 7.64. The first-order chi connectivity index (χ1) is 15.8. The zero-order chi connectivity index (χ0) is 23.2. The molecular weight excluding hydrogens is 461 g/mol. The molecule has 1 aliphatic heterocycles. The molecule has 5 rings (SSSR count). The van der Waals surface area contributed by atoms with Crippen molar-refractivity contribution in [2.24, 2.45) is 0 Å². The average Bonchev–Trinajstić information content (AvgIpc) is 3.53. The highest BCUT2D eigenvalue weighted by Gasteiger charge is 2.25. The van der Waals surface area contributed by atoms with Gasteiger partial charge in [0.15, 0.2) is 10.8 Å². The summed E-state index contributed by atoms with van der Waals surface area (Å²) in [5.41, 5.74) is 1.17. The Hall–Kier alpha value is -2.70. The van der Waals surface area contributed by atoms with E-state index >= 15 is 4.39 Å². The maximum atomic E-state index is 15.2. The van der Waals surface area contributed by atoms with Crippen LogP contribution in [0.25, 0.3) is 22.0 Å². The molecule has 1 aromatic carbocycles. The highest BCUT2D eigenvalue weighted by Crippen LogP contribution is 2.38. The van der Waals surface area contributed by atoms with E-state index in [0.29, 0.717) is 10.2 Å². The van der Waals surface area contributed by atoms with Crippen LogP contribution >= 0.6 is 22.9 Å². The fourth-order valence-electron chi connectivity index (χ4n) is 4.32. The minimum atomic E-state index is -1.47. The molecule has 4 heterocycles. The number of benzene rings is 1. The van der Waals surface area contributed by atoms with E-state index in [1.54, 1.807) is 30.8 Å². The minimum Gasteiger partial charge on any atom is -0.371 e. The number of aliphatic hydroxyl groups is 1. The van der Waals surface area contributed by atoms with Crippen LogP contribution < -0.4 is 0 Å². The second kappa shape index (κ2) is 8.58. The second-order valence-electron chi connectivity index (χ2n) is 8.58. The van der Waals surface area contributed by atoms with Gasteiger partial charge in [0.1, 0.15) is 10.8 Å². The van der Waals surface area contributed by atoms with Crippen molar-refractivity contribution in [3.63, 3.8) is 0 Å². The summed E-state index contributed by atoms with van der Waals surface area (Å²) in [5, 5.41) is 21.0. The number of halogens is 2. The number of thiazole rings is 1. The molecule has 1 atom stereocenters. The number of aromatic amines is 1. The number of nitrogens with one attached hydrogen (secondary N) is 1. The van der Waals surface area contributed by atoms with E-state index < -0.39 is 11.4 Å². The molecule has 0 radical (unpaired) electrons. The Labute approximate surface area is 200 Å². The van der Waals surface area contributed by atoms with E-state index in [4.69, 9.17) is 11.6 Å². The van der Waals surface area contributed by atoms with Crippen molar-refractivity contribution in [2.75, 3.05) is 20.1 Å². The molecule has 9 heteroatoms. The summed E-state index contributed by atoms with van der Waals surface area (Å²) < 4.78 is 17.4. The number of nitrogens with zero attached hydrogens (tertiary/aromatic N) is 4. The zero-order valence-corrected chi connectivity index (χ0v) is 19.8. The van der Waals surface area contributed by atoms with Crippen molar-refractivity contribution in [1.29, 1.82) is 0 Å². The van der Waals surface area contributed by atoms with E-state index in [1.807, 2.05) is 6.20 Å². The van der Waals surface area contributed by atoms with Crippen molar-refractivity contribution < 1.29 is 9.50 Å². The normalized spacial score (nSPS) is 17.1. The van der Waals surface area contributed by atoms with Gasteiger partial charge in [-0.2, -0.15) is 5.10 Å². The van der Waals surface area contributed by atoms with Crippen molar-refractivity contribution in [3.8, 4) is 23.0 Å². The summed E-state index contributed by atoms with van der Waals surface area (Å²) in [6.07, 6.45) is 7.37. The molecule has 0 amide bonds. The number of hydrogen-bond donors (Lipinski definition) is 2. The quantitative estimate of drug-likeness (QED) is 0.410. The fourth-order valence-corrected chi connectivity index (χ4v) is 5.18. The summed E-state index contributed by atoms with van der Waals surface area (Å²) in [6.45, 7) is 3.54. The third-order valence-electron chi connectivity index (χ3n) is 6.18. The lowest BCUT2D eigenvalue weighted by Crippen LogP contribution is -2.31. The van der Waals surface area contributed by atoms with Crippen LogP contribution in [0, 0.1) is 17.7 Å². The maximum absolute atomic E-state index is 15.2. The van der Waals surface area contributed by atoms with Gasteiger partial charge in [-0.1, -0.05) is 23.4 Å². The van der Waals surface area contributed by atoms with Crippen LogP contribution in [0.5, 0.6) is 0 Å². The first kappa shape index (κ1) is 22.1. The van der Waals surface area contributed by atoms with Crippen molar-refractivity contribution in [3.05, 3.63) is 57.6 Å². The van der Waals surface area contributed by atoms with Gasteiger partial charge >= 0.3 is 0 Å². The number of piperidine rings is 1. The van der Waals surface area contributed by atoms with Crippen molar-refractivity contribution >= 4 is 33.8 Å². The Morgan fingerprint density at radius 1 is 1.30 bits per heavy atom. The molecule has 1 unspecified atom stereocenters. The monoisotopic (exact) mass is 483 g/mol. The van der Waals surface area contributed by atoms with Crippen LogP contribution in [0.1, 0.15) is 36.4 Å². The SMILES string of the molecule is CN1CCC(n2cc(-c3c[nH]nc3Cl)c3cc(C#CC(C)(O)c4nccs4)c(F)cc32)CC1. The molecule has 1 aliphatic rings. The topological polar surface area (TPSA) is 70.0 Å². The molecule has 4 aromatic rings. The average molecular weight is 484 g/mol. The van der Waals surface area contributed by atoms with Crippen LogP contribution in [0.15, 0.2) is 36.1 Å². The molecule has 0 aliphatic carbocycles. The van der Waals surface area contributed by atoms with Gasteiger partial charge in [-0.25, -0.2) is 9.37 Å². The predicted molar refractivity (Wildman–Crippen MR) is 129 cm³/mol. The number of fused-ring (bicyclic) bond motifs is 1. The van der Waals surface area contributed by atoms with E-state index in [2.05, 4.69) is 43.5 Å². The first-order valence-electron chi connectivity index (χ1n) is 10.7. The first-order valence-corrected chi connectivity index (χ1v) is 12.0. The molecule has 170 valence electrons. The molecule has 0 saturated carbocycles. The third kappa shape index (κ3) is 4.18. The van der Waals surface area contributed by atoms with Gasteiger partial charge < -0.3 is 14.6 Å². The minimum absolute atomic E-state index is 0.210. The summed E-state index contributed by atoms with van der Waals surface area (Å²) in [4.78, 5) is 6.44. The fraction of sp³-hybridized carbons (Fsp3) is 0.333. The van der Waals surface area contributed by atoms with Gasteiger partial charge in [0.2, 0.25) is 0 Å². The molecule has 0 bridgehead atoms. The molecule has 6 nitrogen and oxygen atoms in total. The van der Waals surface area contributed by atoms with Crippen LogP contribution in [0.4, 0.5) is 4.39 Å². The lowest BCUT2D eigenvalue weighted by molar-refractivity contribution is 0.122. The standard InChI is InChI=1S/C24H23ClFN5OS/c1-24(32,23-27-7-10-33-23)6-3-15-11-17-19(18-13-28-29-22(18)25)14-31(21(17)12-20(15)26)16-4-8-30(2)9-5-16/h7,10-14,16,32H,4-5,8-9H2,1-2H3,(H,28,29). The van der Waals surface area contributed by atoms with E-state index in [9.17, 15) is 5.11 Å². The van der Waals surface area contributed by atoms with Gasteiger partial charge in [-0.3, -0.25) is 5.10 Å². The molecule has 0 spiro atoms.